The molecule has 5 nitrogen and oxygen atoms in total. The smallest absolute Gasteiger partial charge is 0.255 e. The van der Waals surface area contributed by atoms with E-state index in [1.165, 1.54) is 0 Å². The number of aromatic amines is 1. The van der Waals surface area contributed by atoms with Crippen molar-refractivity contribution in [2.24, 2.45) is 5.92 Å². The molecule has 0 radical (unpaired) electrons. The molecule has 1 N–H and O–H groups in total. The van der Waals surface area contributed by atoms with Gasteiger partial charge in [0.05, 0.1) is 6.42 Å². The number of pyridine rings is 1. The first-order chi connectivity index (χ1) is 13.9. The molecule has 2 aliphatic rings. The fourth-order valence-electron chi connectivity index (χ4n) is 3.86. The quantitative estimate of drug-likeness (QED) is 0.846. The molecule has 3 heterocycles. The van der Waals surface area contributed by atoms with Crippen LogP contribution in [0.25, 0.3) is 16.7 Å². The number of carbonyl (C=O) groups excluding carboxylic acids is 1. The monoisotopic (exact) mass is 389 g/mol. The molecule has 0 atom stereocenters. The Bertz CT molecular complexity index is 1060. The zero-order chi connectivity index (χ0) is 20.5. The van der Waals surface area contributed by atoms with Crippen molar-refractivity contribution in [1.82, 2.24) is 9.88 Å². The van der Waals surface area contributed by atoms with Crippen LogP contribution in [0.3, 0.4) is 0 Å². The Balaban J connectivity index is 1.65. The molecule has 0 aliphatic carbocycles. The van der Waals surface area contributed by atoms with Crippen molar-refractivity contribution in [1.29, 1.82) is 0 Å². The first-order valence-electron chi connectivity index (χ1n) is 10.2. The fourth-order valence-corrected chi connectivity index (χ4v) is 3.86. The van der Waals surface area contributed by atoms with Gasteiger partial charge in [-0.2, -0.15) is 0 Å². The third kappa shape index (κ3) is 3.90. The third-order valence-corrected chi connectivity index (χ3v) is 5.66. The summed E-state index contributed by atoms with van der Waals surface area (Å²) in [5, 5.41) is 0. The largest absolute Gasteiger partial charge is 0.373 e. The maximum atomic E-state index is 12.5. The first-order valence-corrected chi connectivity index (χ1v) is 10.2. The number of nitrogens with zero attached hydrogens (tertiary/aromatic N) is 2. The molecule has 1 aromatic heterocycles. The number of aromatic nitrogens is 1. The summed E-state index contributed by atoms with van der Waals surface area (Å²) in [6, 6.07) is 7.76. The molecular formula is C24H27N3O2. The Morgan fingerprint density at radius 3 is 2.76 bits per heavy atom. The Morgan fingerprint density at radius 2 is 1.97 bits per heavy atom. The van der Waals surface area contributed by atoms with Gasteiger partial charge < -0.3 is 14.8 Å². The van der Waals surface area contributed by atoms with E-state index in [2.05, 4.69) is 42.1 Å². The topological polar surface area (TPSA) is 56.4 Å². The molecule has 1 amide bonds. The minimum absolute atomic E-state index is 0.0822. The summed E-state index contributed by atoms with van der Waals surface area (Å²) in [6.07, 6.45) is 9.76. The van der Waals surface area contributed by atoms with Crippen LogP contribution >= 0.6 is 0 Å². The van der Waals surface area contributed by atoms with Gasteiger partial charge in [-0.1, -0.05) is 32.1 Å². The lowest BCUT2D eigenvalue weighted by atomic mass is 9.99. The van der Waals surface area contributed by atoms with Gasteiger partial charge in [0.2, 0.25) is 5.91 Å². The van der Waals surface area contributed by atoms with Crippen LogP contribution < -0.4 is 10.5 Å². The van der Waals surface area contributed by atoms with Gasteiger partial charge in [-0.05, 0) is 47.2 Å². The Labute approximate surface area is 171 Å². The predicted molar refractivity (Wildman–Crippen MR) is 118 cm³/mol. The van der Waals surface area contributed by atoms with E-state index in [0.717, 1.165) is 47.5 Å². The van der Waals surface area contributed by atoms with Crippen LogP contribution in [0.4, 0.5) is 5.69 Å². The summed E-state index contributed by atoms with van der Waals surface area (Å²) >= 11 is 0. The molecule has 150 valence electrons. The van der Waals surface area contributed by atoms with Crippen LogP contribution in [-0.4, -0.2) is 35.9 Å². The van der Waals surface area contributed by atoms with Crippen LogP contribution in [0.5, 0.6) is 0 Å². The highest BCUT2D eigenvalue weighted by molar-refractivity contribution is 6.01. The average molecular weight is 389 g/mol. The number of likely N-dealkylation sites (N-methyl/N-ethyl adjacent to an activating group) is 1. The lowest BCUT2D eigenvalue weighted by Crippen LogP contribution is -2.22. The van der Waals surface area contributed by atoms with E-state index in [9.17, 15) is 9.59 Å². The molecule has 0 fully saturated rings. The summed E-state index contributed by atoms with van der Waals surface area (Å²) in [7, 11) is 1.79. The predicted octanol–water partition coefficient (Wildman–Crippen LogP) is 3.82. The number of hydrogen-bond acceptors (Lipinski definition) is 3. The van der Waals surface area contributed by atoms with E-state index in [1.807, 2.05) is 24.3 Å². The minimum atomic E-state index is -0.122. The number of benzene rings is 1. The first kappa shape index (κ1) is 19.2. The highest BCUT2D eigenvalue weighted by atomic mass is 16.2. The van der Waals surface area contributed by atoms with E-state index < -0.39 is 0 Å². The Hall–Kier alpha value is -3.08. The van der Waals surface area contributed by atoms with Gasteiger partial charge in [-0.3, -0.25) is 9.59 Å². The number of H-pyrrole nitrogens is 1. The number of hydrogen-bond donors (Lipinski definition) is 1. The van der Waals surface area contributed by atoms with Gasteiger partial charge in [-0.15, -0.1) is 0 Å². The highest BCUT2D eigenvalue weighted by Crippen LogP contribution is 2.32. The molecule has 4 rings (SSSR count). The molecule has 2 aliphatic heterocycles. The second kappa shape index (κ2) is 7.74. The molecule has 0 spiro atoms. The number of anilines is 1. The minimum Gasteiger partial charge on any atom is -0.373 e. The summed E-state index contributed by atoms with van der Waals surface area (Å²) < 4.78 is 0. The van der Waals surface area contributed by atoms with Gasteiger partial charge in [0, 0.05) is 49.3 Å². The molecule has 0 saturated heterocycles. The number of nitrogens with one attached hydrogen (secondary N) is 1. The number of rotatable bonds is 5. The van der Waals surface area contributed by atoms with E-state index in [-0.39, 0.29) is 11.5 Å². The number of carbonyl (C=O) groups is 1. The van der Waals surface area contributed by atoms with E-state index in [1.54, 1.807) is 18.1 Å². The maximum Gasteiger partial charge on any atom is 0.255 e. The van der Waals surface area contributed by atoms with Crippen LogP contribution in [0.15, 0.2) is 53.6 Å². The Morgan fingerprint density at radius 1 is 1.14 bits per heavy atom. The Kier molecular flexibility index (Phi) is 5.14. The molecule has 2 aromatic rings. The van der Waals surface area contributed by atoms with Crippen molar-refractivity contribution in [3.05, 3.63) is 70.3 Å². The second-order valence-corrected chi connectivity index (χ2v) is 8.27. The van der Waals surface area contributed by atoms with Crippen LogP contribution in [0, 0.1) is 5.92 Å². The summed E-state index contributed by atoms with van der Waals surface area (Å²) in [5.41, 5.74) is 5.31. The van der Waals surface area contributed by atoms with Gasteiger partial charge >= 0.3 is 0 Å². The zero-order valence-electron chi connectivity index (χ0n) is 17.2. The molecule has 29 heavy (non-hydrogen) atoms. The van der Waals surface area contributed by atoms with E-state index in [0.29, 0.717) is 17.9 Å². The van der Waals surface area contributed by atoms with Gasteiger partial charge in [0.15, 0.2) is 0 Å². The summed E-state index contributed by atoms with van der Waals surface area (Å²) in [5.74, 6) is 0.752. The average Bonchev–Trinajstić information content (AvgIpc) is 3.00. The molecule has 5 heteroatoms. The summed E-state index contributed by atoms with van der Waals surface area (Å²) in [6.45, 7) is 6.41. The van der Waals surface area contributed by atoms with Gasteiger partial charge in [0.1, 0.15) is 0 Å². The van der Waals surface area contributed by atoms with E-state index in [4.69, 9.17) is 0 Å². The van der Waals surface area contributed by atoms with Crippen LogP contribution in [-0.2, 0) is 11.2 Å². The van der Waals surface area contributed by atoms with Gasteiger partial charge in [0.25, 0.3) is 5.56 Å². The second-order valence-electron chi connectivity index (χ2n) is 8.27. The third-order valence-electron chi connectivity index (χ3n) is 5.66. The van der Waals surface area contributed by atoms with Crippen molar-refractivity contribution >= 4 is 17.2 Å². The van der Waals surface area contributed by atoms with Crippen molar-refractivity contribution < 1.29 is 4.79 Å². The van der Waals surface area contributed by atoms with Crippen molar-refractivity contribution in [2.75, 3.05) is 25.0 Å². The van der Waals surface area contributed by atoms with Crippen molar-refractivity contribution in [2.45, 2.75) is 26.7 Å². The molecule has 1 aromatic carbocycles. The van der Waals surface area contributed by atoms with Crippen molar-refractivity contribution in [3.63, 3.8) is 0 Å². The highest BCUT2D eigenvalue weighted by Gasteiger charge is 2.24. The molecular weight excluding hydrogens is 362 g/mol. The van der Waals surface area contributed by atoms with Gasteiger partial charge in [-0.25, -0.2) is 0 Å². The summed E-state index contributed by atoms with van der Waals surface area (Å²) in [4.78, 5) is 31.4. The maximum absolute atomic E-state index is 12.5. The SMILES string of the molecule is CC(C)CCN1C=C(c2c[nH]c(=O)c(-c3ccc4c(c3)CC(=O)N4C)c2)C=CC1. The lowest BCUT2D eigenvalue weighted by Gasteiger charge is -2.24. The fraction of sp³-hybridized carbons (Fsp3) is 0.333. The number of fused-ring (bicyclic) bond motifs is 1. The molecule has 0 saturated carbocycles. The lowest BCUT2D eigenvalue weighted by molar-refractivity contribution is -0.117. The standard InChI is InChI=1S/C24H27N3O2/c1-16(2)8-10-27-9-4-5-18(15-27)20-12-21(24(29)25-14-20)17-6-7-22-19(11-17)13-23(28)26(22)3/h4-7,11-12,14-16H,8-10,13H2,1-3H3,(H,25,29). The molecule has 0 unspecified atom stereocenters. The van der Waals surface area contributed by atoms with E-state index >= 15 is 0 Å². The normalized spacial score (nSPS) is 15.9. The van der Waals surface area contributed by atoms with Crippen LogP contribution in [0.1, 0.15) is 31.4 Å². The number of allylic oxidation sites excluding steroid dienone is 2. The zero-order valence-corrected chi connectivity index (χ0v) is 17.2. The molecule has 0 bridgehead atoms. The number of amides is 1. The van der Waals surface area contributed by atoms with Crippen LogP contribution in [0.2, 0.25) is 0 Å². The van der Waals surface area contributed by atoms with Crippen molar-refractivity contribution in [3.8, 4) is 11.1 Å².